The number of nitrogen functional groups attached to an aromatic ring is 2. The van der Waals surface area contributed by atoms with Crippen molar-refractivity contribution in [2.75, 3.05) is 11.5 Å². The summed E-state index contributed by atoms with van der Waals surface area (Å²) in [6, 6.07) is 13.1. The van der Waals surface area contributed by atoms with E-state index in [2.05, 4.69) is 9.97 Å². The first-order chi connectivity index (χ1) is 13.9. The van der Waals surface area contributed by atoms with Gasteiger partial charge >= 0.3 is 0 Å². The monoisotopic (exact) mass is 440 g/mol. The van der Waals surface area contributed by atoms with E-state index in [0.717, 1.165) is 26.7 Å². The van der Waals surface area contributed by atoms with Gasteiger partial charge < -0.3 is 11.5 Å². The maximum absolute atomic E-state index is 6.14. The first-order valence-electron chi connectivity index (χ1n) is 8.68. The standard InChI is InChI=1S/C20H17ClN6S2/c1-10-3-7-15(17(22)24-10)28-19-20(29-16-8-4-11(2)25-18(16)23)27-14-9-12(21)5-6-13(14)26-19/h3-9H,1-2H3,(H2,22,24)(H2,23,25). The summed E-state index contributed by atoms with van der Waals surface area (Å²) < 4.78 is 0. The van der Waals surface area contributed by atoms with E-state index in [1.165, 1.54) is 23.5 Å². The highest BCUT2D eigenvalue weighted by Crippen LogP contribution is 2.40. The predicted molar refractivity (Wildman–Crippen MR) is 120 cm³/mol. The van der Waals surface area contributed by atoms with Gasteiger partial charge in [-0.1, -0.05) is 35.1 Å². The van der Waals surface area contributed by atoms with E-state index in [1.54, 1.807) is 12.1 Å². The lowest BCUT2D eigenvalue weighted by Crippen LogP contribution is -1.98. The van der Waals surface area contributed by atoms with Gasteiger partial charge in [0.15, 0.2) is 0 Å². The van der Waals surface area contributed by atoms with Gasteiger partial charge in [0.25, 0.3) is 0 Å². The number of nitrogens with two attached hydrogens (primary N) is 2. The number of benzene rings is 1. The minimum Gasteiger partial charge on any atom is -0.383 e. The average Bonchev–Trinajstić information content (AvgIpc) is 2.66. The molecule has 0 aliphatic heterocycles. The topological polar surface area (TPSA) is 104 Å². The summed E-state index contributed by atoms with van der Waals surface area (Å²) in [5.74, 6) is 0.913. The predicted octanol–water partition coefficient (Wildman–Crippen LogP) is 5.16. The summed E-state index contributed by atoms with van der Waals surface area (Å²) in [5, 5.41) is 2.01. The van der Waals surface area contributed by atoms with Crippen LogP contribution < -0.4 is 11.5 Å². The highest BCUT2D eigenvalue weighted by atomic mass is 35.5. The molecule has 4 rings (SSSR count). The van der Waals surface area contributed by atoms with E-state index in [-0.39, 0.29) is 0 Å². The molecule has 0 unspecified atom stereocenters. The van der Waals surface area contributed by atoms with Crippen LogP contribution in [0, 0.1) is 13.8 Å². The van der Waals surface area contributed by atoms with Gasteiger partial charge in [0, 0.05) is 16.4 Å². The second-order valence-electron chi connectivity index (χ2n) is 6.34. The van der Waals surface area contributed by atoms with E-state index in [9.17, 15) is 0 Å². The number of rotatable bonds is 4. The second-order valence-corrected chi connectivity index (χ2v) is 8.84. The number of halogens is 1. The van der Waals surface area contributed by atoms with Gasteiger partial charge in [0.05, 0.1) is 20.8 Å². The van der Waals surface area contributed by atoms with Crippen molar-refractivity contribution in [3.05, 3.63) is 58.9 Å². The van der Waals surface area contributed by atoms with Gasteiger partial charge in [-0.05, 0) is 56.3 Å². The Morgan fingerprint density at radius 2 is 1.21 bits per heavy atom. The third kappa shape index (κ3) is 4.39. The van der Waals surface area contributed by atoms with Crippen molar-refractivity contribution in [3.8, 4) is 0 Å². The Hall–Kier alpha value is -2.55. The van der Waals surface area contributed by atoms with Crippen LogP contribution in [0.4, 0.5) is 11.6 Å². The molecule has 0 spiro atoms. The van der Waals surface area contributed by atoms with Crippen LogP contribution in [-0.2, 0) is 0 Å². The van der Waals surface area contributed by atoms with E-state index in [0.29, 0.717) is 32.2 Å². The summed E-state index contributed by atoms with van der Waals surface area (Å²) in [6.45, 7) is 3.80. The molecule has 0 radical (unpaired) electrons. The molecular formula is C20H17ClN6S2. The summed E-state index contributed by atoms with van der Waals surface area (Å²) >= 11 is 8.98. The molecule has 0 atom stereocenters. The van der Waals surface area contributed by atoms with Gasteiger partial charge in [-0.15, -0.1) is 0 Å². The molecule has 146 valence electrons. The largest absolute Gasteiger partial charge is 0.383 e. The highest BCUT2D eigenvalue weighted by molar-refractivity contribution is 8.02. The maximum Gasteiger partial charge on any atom is 0.137 e. The number of nitrogens with zero attached hydrogens (tertiary/aromatic N) is 4. The van der Waals surface area contributed by atoms with Crippen molar-refractivity contribution in [2.24, 2.45) is 0 Å². The van der Waals surface area contributed by atoms with E-state index < -0.39 is 0 Å². The minimum atomic E-state index is 0.454. The van der Waals surface area contributed by atoms with E-state index >= 15 is 0 Å². The van der Waals surface area contributed by atoms with Crippen molar-refractivity contribution in [3.63, 3.8) is 0 Å². The zero-order chi connectivity index (χ0) is 20.5. The van der Waals surface area contributed by atoms with Gasteiger partial charge in [0.2, 0.25) is 0 Å². The molecule has 0 amide bonds. The molecule has 0 aliphatic carbocycles. The van der Waals surface area contributed by atoms with Crippen molar-refractivity contribution in [1.29, 1.82) is 0 Å². The van der Waals surface area contributed by atoms with Crippen LogP contribution in [0.2, 0.25) is 5.02 Å². The number of aromatic nitrogens is 4. The smallest absolute Gasteiger partial charge is 0.137 e. The lowest BCUT2D eigenvalue weighted by atomic mass is 10.3. The lowest BCUT2D eigenvalue weighted by Gasteiger charge is -2.11. The van der Waals surface area contributed by atoms with Gasteiger partial charge in [-0.2, -0.15) is 0 Å². The van der Waals surface area contributed by atoms with Gasteiger partial charge in [0.1, 0.15) is 21.7 Å². The van der Waals surface area contributed by atoms with Crippen LogP contribution in [-0.4, -0.2) is 19.9 Å². The highest BCUT2D eigenvalue weighted by Gasteiger charge is 2.16. The summed E-state index contributed by atoms with van der Waals surface area (Å²) in [6.07, 6.45) is 0. The third-order valence-electron chi connectivity index (χ3n) is 4.03. The zero-order valence-corrected chi connectivity index (χ0v) is 18.1. The molecule has 4 aromatic rings. The molecule has 29 heavy (non-hydrogen) atoms. The van der Waals surface area contributed by atoms with Crippen LogP contribution in [0.5, 0.6) is 0 Å². The molecule has 0 fully saturated rings. The quantitative estimate of drug-likeness (QED) is 0.448. The van der Waals surface area contributed by atoms with E-state index in [1.807, 2.05) is 44.2 Å². The van der Waals surface area contributed by atoms with Crippen molar-refractivity contribution < 1.29 is 0 Å². The average molecular weight is 441 g/mol. The van der Waals surface area contributed by atoms with Crippen LogP contribution in [0.15, 0.2) is 62.3 Å². The number of aryl methyl sites for hydroxylation is 2. The molecule has 0 aliphatic rings. The Morgan fingerprint density at radius 1 is 0.690 bits per heavy atom. The summed E-state index contributed by atoms with van der Waals surface area (Å²) in [5.41, 5.74) is 15.4. The summed E-state index contributed by atoms with van der Waals surface area (Å²) in [4.78, 5) is 19.9. The lowest BCUT2D eigenvalue weighted by molar-refractivity contribution is 0.966. The molecule has 9 heteroatoms. The van der Waals surface area contributed by atoms with Crippen molar-refractivity contribution in [2.45, 2.75) is 33.7 Å². The molecule has 3 aromatic heterocycles. The van der Waals surface area contributed by atoms with Gasteiger partial charge in [-0.3, -0.25) is 0 Å². The molecule has 1 aromatic carbocycles. The molecule has 4 N–H and O–H groups in total. The number of pyridine rings is 2. The number of anilines is 2. The zero-order valence-electron chi connectivity index (χ0n) is 15.7. The molecule has 6 nitrogen and oxygen atoms in total. The van der Waals surface area contributed by atoms with Crippen LogP contribution >= 0.6 is 35.1 Å². The van der Waals surface area contributed by atoms with Crippen LogP contribution in [0.3, 0.4) is 0 Å². The summed E-state index contributed by atoms with van der Waals surface area (Å²) in [7, 11) is 0. The molecule has 3 heterocycles. The SMILES string of the molecule is Cc1ccc(Sc2nc3ccc(Cl)cc3nc2Sc2ccc(C)nc2N)c(N)n1. The molecule has 0 saturated carbocycles. The fourth-order valence-electron chi connectivity index (χ4n) is 2.64. The minimum absolute atomic E-state index is 0.454. The number of fused-ring (bicyclic) bond motifs is 1. The first-order valence-corrected chi connectivity index (χ1v) is 10.7. The fraction of sp³-hybridized carbons (Fsp3) is 0.100. The maximum atomic E-state index is 6.14. The van der Waals surface area contributed by atoms with Crippen LogP contribution in [0.25, 0.3) is 11.0 Å². The van der Waals surface area contributed by atoms with Crippen LogP contribution in [0.1, 0.15) is 11.4 Å². The van der Waals surface area contributed by atoms with Gasteiger partial charge in [-0.25, -0.2) is 19.9 Å². The van der Waals surface area contributed by atoms with Crippen molar-refractivity contribution >= 4 is 57.8 Å². The van der Waals surface area contributed by atoms with E-state index in [4.69, 9.17) is 33.0 Å². The van der Waals surface area contributed by atoms with Crippen molar-refractivity contribution in [1.82, 2.24) is 19.9 Å². The Labute approximate surface area is 181 Å². The second kappa shape index (κ2) is 8.06. The Kier molecular flexibility index (Phi) is 5.49. The third-order valence-corrected chi connectivity index (χ3v) is 6.48. The molecule has 0 saturated heterocycles. The molecule has 0 bridgehead atoms. The Morgan fingerprint density at radius 3 is 1.72 bits per heavy atom. The molecular weight excluding hydrogens is 424 g/mol. The number of hydrogen-bond acceptors (Lipinski definition) is 8. The Bertz CT molecular complexity index is 1230. The Balaban J connectivity index is 1.82. The number of hydrogen-bond donors (Lipinski definition) is 2. The fourth-order valence-corrected chi connectivity index (χ4v) is 4.60. The first kappa shape index (κ1) is 19.8. The normalized spacial score (nSPS) is 11.1.